The lowest BCUT2D eigenvalue weighted by Gasteiger charge is -2.33. The van der Waals surface area contributed by atoms with E-state index in [1.165, 1.54) is 4.90 Å². The first-order valence-electron chi connectivity index (χ1n) is 10.8. The summed E-state index contributed by atoms with van der Waals surface area (Å²) in [6.07, 6.45) is 1.69. The van der Waals surface area contributed by atoms with Crippen LogP contribution in [0.3, 0.4) is 0 Å². The SMILES string of the molecule is O=C(c1ccc(Cl)cc1)[C@@H]1[C@@H]2C(=O)N(c3cccc(Br)c3)C(=O)[C@@H]2C2c3ccccc3C=NN21. The van der Waals surface area contributed by atoms with E-state index in [4.69, 9.17) is 11.6 Å². The molecule has 0 N–H and O–H groups in total. The fraction of sp³-hybridized carbons (Fsp3) is 0.154. The van der Waals surface area contributed by atoms with Gasteiger partial charge in [0.1, 0.15) is 6.04 Å². The zero-order valence-electron chi connectivity index (χ0n) is 17.6. The molecule has 2 fully saturated rings. The van der Waals surface area contributed by atoms with Crippen LogP contribution in [-0.2, 0) is 9.59 Å². The van der Waals surface area contributed by atoms with Crippen molar-refractivity contribution in [3.05, 3.63) is 99.0 Å². The first kappa shape index (κ1) is 21.3. The lowest BCUT2D eigenvalue weighted by Crippen LogP contribution is -2.44. The number of hydrogen-bond acceptors (Lipinski definition) is 5. The van der Waals surface area contributed by atoms with E-state index >= 15 is 0 Å². The van der Waals surface area contributed by atoms with Crippen molar-refractivity contribution in [2.75, 3.05) is 4.90 Å². The van der Waals surface area contributed by atoms with E-state index in [9.17, 15) is 14.4 Å². The van der Waals surface area contributed by atoms with E-state index < -0.39 is 23.9 Å². The molecule has 8 heteroatoms. The lowest BCUT2D eigenvalue weighted by molar-refractivity contribution is -0.124. The molecule has 0 aliphatic carbocycles. The molecule has 0 radical (unpaired) electrons. The smallest absolute Gasteiger partial charge is 0.240 e. The van der Waals surface area contributed by atoms with Crippen LogP contribution < -0.4 is 4.90 Å². The number of nitrogens with zero attached hydrogens (tertiary/aromatic N) is 3. The van der Waals surface area contributed by atoms with E-state index in [1.807, 2.05) is 30.3 Å². The molecule has 3 aliphatic rings. The Labute approximate surface area is 208 Å². The highest BCUT2D eigenvalue weighted by molar-refractivity contribution is 9.10. The van der Waals surface area contributed by atoms with Gasteiger partial charge in [-0.2, -0.15) is 5.10 Å². The Morgan fingerprint density at radius 2 is 1.65 bits per heavy atom. The van der Waals surface area contributed by atoms with Gasteiger partial charge < -0.3 is 0 Å². The van der Waals surface area contributed by atoms with Crippen LogP contribution in [0.1, 0.15) is 27.5 Å². The maximum atomic E-state index is 13.8. The molecule has 0 aromatic heterocycles. The van der Waals surface area contributed by atoms with E-state index in [2.05, 4.69) is 21.0 Å². The van der Waals surface area contributed by atoms with E-state index in [-0.39, 0.29) is 17.6 Å². The van der Waals surface area contributed by atoms with Crippen LogP contribution >= 0.6 is 27.5 Å². The molecule has 4 atom stereocenters. The third kappa shape index (κ3) is 3.07. The molecule has 1 unspecified atom stereocenters. The predicted octanol–water partition coefficient (Wildman–Crippen LogP) is 4.86. The number of halogens is 2. The Bertz CT molecular complexity index is 1390. The second kappa shape index (κ2) is 7.89. The van der Waals surface area contributed by atoms with Crippen LogP contribution in [0.5, 0.6) is 0 Å². The van der Waals surface area contributed by atoms with Gasteiger partial charge in [-0.05, 0) is 53.6 Å². The minimum absolute atomic E-state index is 0.261. The number of amides is 2. The van der Waals surface area contributed by atoms with Crippen LogP contribution in [0, 0.1) is 11.8 Å². The molecule has 2 saturated heterocycles. The summed E-state index contributed by atoms with van der Waals surface area (Å²) in [5.41, 5.74) is 2.67. The molecule has 3 aromatic carbocycles. The van der Waals surface area contributed by atoms with Gasteiger partial charge in [0.2, 0.25) is 11.8 Å². The average Bonchev–Trinajstić information content (AvgIpc) is 3.31. The number of ketones is 1. The Morgan fingerprint density at radius 1 is 0.912 bits per heavy atom. The van der Waals surface area contributed by atoms with E-state index in [0.717, 1.165) is 15.6 Å². The van der Waals surface area contributed by atoms with Crippen molar-refractivity contribution in [3.63, 3.8) is 0 Å². The Kier molecular flexibility index (Phi) is 4.93. The van der Waals surface area contributed by atoms with Crippen molar-refractivity contribution in [3.8, 4) is 0 Å². The van der Waals surface area contributed by atoms with Gasteiger partial charge in [0.05, 0.1) is 29.8 Å². The number of carbonyl (C=O) groups excluding carboxylic acids is 3. The highest BCUT2D eigenvalue weighted by atomic mass is 79.9. The molecule has 168 valence electrons. The van der Waals surface area contributed by atoms with Crippen LogP contribution in [0.4, 0.5) is 5.69 Å². The number of carbonyl (C=O) groups is 3. The number of hydrogen-bond donors (Lipinski definition) is 0. The van der Waals surface area contributed by atoms with Crippen molar-refractivity contribution in [1.29, 1.82) is 0 Å². The Hall–Kier alpha value is -3.29. The summed E-state index contributed by atoms with van der Waals surface area (Å²) in [6, 6.07) is 19.9. The van der Waals surface area contributed by atoms with Crippen LogP contribution in [0.2, 0.25) is 5.02 Å². The highest BCUT2D eigenvalue weighted by Crippen LogP contribution is 2.53. The van der Waals surface area contributed by atoms with Gasteiger partial charge in [-0.25, -0.2) is 4.90 Å². The fourth-order valence-corrected chi connectivity index (χ4v) is 5.84. The van der Waals surface area contributed by atoms with E-state index in [1.54, 1.807) is 53.7 Å². The van der Waals surface area contributed by atoms with Crippen molar-refractivity contribution in [2.45, 2.75) is 12.1 Å². The molecule has 6 rings (SSSR count). The average molecular weight is 535 g/mol. The van der Waals surface area contributed by atoms with Gasteiger partial charge in [0.25, 0.3) is 0 Å². The van der Waals surface area contributed by atoms with Gasteiger partial charge in [-0.1, -0.05) is 57.9 Å². The molecule has 34 heavy (non-hydrogen) atoms. The summed E-state index contributed by atoms with van der Waals surface area (Å²) in [4.78, 5) is 42.6. The molecular formula is C26H17BrClN3O3. The predicted molar refractivity (Wildman–Crippen MR) is 132 cm³/mol. The maximum Gasteiger partial charge on any atom is 0.240 e. The van der Waals surface area contributed by atoms with Crippen molar-refractivity contribution in [1.82, 2.24) is 5.01 Å². The van der Waals surface area contributed by atoms with Gasteiger partial charge >= 0.3 is 0 Å². The zero-order valence-corrected chi connectivity index (χ0v) is 20.0. The maximum absolute atomic E-state index is 13.8. The second-order valence-corrected chi connectivity index (χ2v) is 9.91. The van der Waals surface area contributed by atoms with Crippen LogP contribution in [-0.4, -0.2) is 34.9 Å². The lowest BCUT2D eigenvalue weighted by atomic mass is 9.83. The van der Waals surface area contributed by atoms with Gasteiger partial charge in [-0.3, -0.25) is 19.4 Å². The number of fused-ring (bicyclic) bond motifs is 5. The minimum Gasteiger partial charge on any atom is -0.292 e. The Balaban J connectivity index is 1.50. The van der Waals surface area contributed by atoms with Crippen LogP contribution in [0.15, 0.2) is 82.4 Å². The first-order chi connectivity index (χ1) is 16.5. The number of imide groups is 1. The summed E-state index contributed by atoms with van der Waals surface area (Å²) >= 11 is 9.44. The monoisotopic (exact) mass is 533 g/mol. The zero-order chi connectivity index (χ0) is 23.6. The highest BCUT2D eigenvalue weighted by Gasteiger charge is 2.65. The normalized spacial score (nSPS) is 24.8. The largest absolute Gasteiger partial charge is 0.292 e. The van der Waals surface area contributed by atoms with Gasteiger partial charge in [-0.15, -0.1) is 0 Å². The summed E-state index contributed by atoms with van der Waals surface area (Å²) in [7, 11) is 0. The summed E-state index contributed by atoms with van der Waals surface area (Å²) in [5, 5.41) is 6.74. The number of hydrazone groups is 1. The summed E-state index contributed by atoms with van der Waals surface area (Å²) < 4.78 is 0.755. The molecule has 3 heterocycles. The molecule has 3 aliphatic heterocycles. The van der Waals surface area contributed by atoms with E-state index in [0.29, 0.717) is 16.3 Å². The molecule has 0 saturated carbocycles. The molecule has 0 bridgehead atoms. The number of anilines is 1. The minimum atomic E-state index is -0.908. The number of benzene rings is 3. The quantitative estimate of drug-likeness (QED) is 0.355. The molecule has 2 amide bonds. The summed E-state index contributed by atoms with van der Waals surface area (Å²) in [5.74, 6) is -2.55. The third-order valence-corrected chi connectivity index (χ3v) is 7.50. The number of rotatable bonds is 3. The molecule has 3 aromatic rings. The Morgan fingerprint density at radius 3 is 2.41 bits per heavy atom. The fourth-order valence-electron chi connectivity index (χ4n) is 5.32. The number of Topliss-reactive ketones (excluding diaryl/α,β-unsaturated/α-hetero) is 1. The van der Waals surface area contributed by atoms with Gasteiger partial charge in [0, 0.05) is 15.1 Å². The van der Waals surface area contributed by atoms with Crippen molar-refractivity contribution in [2.24, 2.45) is 16.9 Å². The molecule has 6 nitrogen and oxygen atoms in total. The summed E-state index contributed by atoms with van der Waals surface area (Å²) in [6.45, 7) is 0. The standard InChI is InChI=1S/C26H17BrClN3O3/c27-16-5-3-6-18(12-16)30-25(33)20-21(26(30)34)23(24(32)14-8-10-17(28)11-9-14)31-22(20)19-7-2-1-4-15(19)13-29-31/h1-13,20-23H/t20-,21+,22?,23-/m0/s1. The third-order valence-electron chi connectivity index (χ3n) is 6.76. The second-order valence-electron chi connectivity index (χ2n) is 8.56. The van der Waals surface area contributed by atoms with Crippen molar-refractivity contribution >= 4 is 57.0 Å². The van der Waals surface area contributed by atoms with Crippen LogP contribution in [0.25, 0.3) is 0 Å². The first-order valence-corrected chi connectivity index (χ1v) is 12.0. The molecular weight excluding hydrogens is 518 g/mol. The van der Waals surface area contributed by atoms with Gasteiger partial charge in [0.15, 0.2) is 5.78 Å². The molecule has 0 spiro atoms. The topological polar surface area (TPSA) is 70.0 Å². The van der Waals surface area contributed by atoms with Crippen molar-refractivity contribution < 1.29 is 14.4 Å².